The van der Waals surface area contributed by atoms with E-state index in [1.807, 2.05) is 13.8 Å². The second kappa shape index (κ2) is 11.6. The highest BCUT2D eigenvalue weighted by Gasteiger charge is 2.35. The normalized spacial score (nSPS) is 16.0. The summed E-state index contributed by atoms with van der Waals surface area (Å²) in [5.74, 6) is -0.438. The molecule has 9 nitrogen and oxygen atoms in total. The molecule has 3 rings (SSSR count). The second-order valence-electron chi connectivity index (χ2n) is 8.47. The number of carbonyl (C=O) groups is 2. The monoisotopic (exact) mass is 503 g/mol. The van der Waals surface area contributed by atoms with Crippen LogP contribution in [0.5, 0.6) is 0 Å². The first kappa shape index (κ1) is 26.6. The van der Waals surface area contributed by atoms with Crippen molar-refractivity contribution in [2.45, 2.75) is 63.6 Å². The van der Waals surface area contributed by atoms with Crippen LogP contribution in [0.15, 0.2) is 41.4 Å². The number of benzene rings is 1. The van der Waals surface area contributed by atoms with Crippen LogP contribution in [-0.4, -0.2) is 54.4 Å². The Hall–Kier alpha value is -2.98. The van der Waals surface area contributed by atoms with E-state index in [4.69, 9.17) is 4.74 Å². The highest BCUT2D eigenvalue weighted by molar-refractivity contribution is 7.91. The highest BCUT2D eigenvalue weighted by atomic mass is 32.2. The number of aliphatic hydroxyl groups excluding tert-OH is 1. The number of fused-ring (bicyclic) bond motifs is 1. The van der Waals surface area contributed by atoms with Gasteiger partial charge in [0, 0.05) is 6.20 Å². The summed E-state index contributed by atoms with van der Waals surface area (Å²) in [6, 6.07) is 6.89. The van der Waals surface area contributed by atoms with E-state index in [2.05, 4.69) is 10.3 Å². The van der Waals surface area contributed by atoms with E-state index in [0.29, 0.717) is 30.7 Å². The van der Waals surface area contributed by atoms with Crippen LogP contribution in [0.4, 0.5) is 4.79 Å². The summed E-state index contributed by atoms with van der Waals surface area (Å²) in [6.07, 6.45) is 3.48. The number of aromatic nitrogens is 1. The molecule has 0 radical (unpaired) electrons. The van der Waals surface area contributed by atoms with Gasteiger partial charge in [-0.25, -0.2) is 13.2 Å². The van der Waals surface area contributed by atoms with E-state index in [9.17, 15) is 23.1 Å². The van der Waals surface area contributed by atoms with Crippen molar-refractivity contribution in [2.24, 2.45) is 0 Å². The number of sulfone groups is 1. The first-order valence-electron chi connectivity index (χ1n) is 11.9. The van der Waals surface area contributed by atoms with Crippen LogP contribution in [0.1, 0.15) is 79.3 Å². The number of rotatable bonds is 10. The molecule has 1 unspecified atom stereocenters. The Morgan fingerprint density at radius 3 is 2.54 bits per heavy atom. The average molecular weight is 504 g/mol. The smallest absolute Gasteiger partial charge is 0.410 e. The molecule has 1 aromatic heterocycles. The van der Waals surface area contributed by atoms with E-state index in [1.54, 1.807) is 30.0 Å². The Morgan fingerprint density at radius 2 is 1.94 bits per heavy atom. The van der Waals surface area contributed by atoms with Gasteiger partial charge >= 0.3 is 6.09 Å². The molecule has 0 spiro atoms. The zero-order chi connectivity index (χ0) is 25.6. The molecule has 190 valence electrons. The third-order valence-electron chi connectivity index (χ3n) is 6.15. The molecule has 2 N–H and O–H groups in total. The van der Waals surface area contributed by atoms with Gasteiger partial charge in [-0.2, -0.15) is 0 Å². The molecule has 0 bridgehead atoms. The Bertz CT molecular complexity index is 1150. The van der Waals surface area contributed by atoms with E-state index in [-0.39, 0.29) is 29.4 Å². The predicted octanol–water partition coefficient (Wildman–Crippen LogP) is 3.54. The third-order valence-corrected chi connectivity index (χ3v) is 7.90. The molecule has 0 saturated carbocycles. The van der Waals surface area contributed by atoms with Crippen molar-refractivity contribution in [2.75, 3.05) is 19.0 Å². The minimum absolute atomic E-state index is 0.00931. The Labute approximate surface area is 206 Å². The van der Waals surface area contributed by atoms with E-state index < -0.39 is 21.8 Å². The number of nitrogens with zero attached hydrogens (tertiary/aromatic N) is 2. The lowest BCUT2D eigenvalue weighted by Crippen LogP contribution is -2.31. The molecule has 10 heteroatoms. The van der Waals surface area contributed by atoms with Gasteiger partial charge < -0.3 is 15.2 Å². The van der Waals surface area contributed by atoms with E-state index >= 15 is 0 Å². The molecule has 1 aromatic carbocycles. The summed E-state index contributed by atoms with van der Waals surface area (Å²) < 4.78 is 29.4. The molecular weight excluding hydrogens is 470 g/mol. The van der Waals surface area contributed by atoms with Crippen molar-refractivity contribution >= 4 is 21.8 Å². The number of hydrogen-bond acceptors (Lipinski definition) is 7. The topological polar surface area (TPSA) is 126 Å². The molecule has 35 heavy (non-hydrogen) atoms. The summed E-state index contributed by atoms with van der Waals surface area (Å²) in [4.78, 5) is 31.8. The lowest BCUT2D eigenvalue weighted by molar-refractivity contribution is 0.0864. The second-order valence-corrected chi connectivity index (χ2v) is 10.7. The third kappa shape index (κ3) is 5.99. The van der Waals surface area contributed by atoms with Crippen LogP contribution in [0.3, 0.4) is 0 Å². The zero-order valence-electron chi connectivity index (χ0n) is 20.4. The van der Waals surface area contributed by atoms with Gasteiger partial charge in [0.2, 0.25) is 0 Å². The molecule has 2 aromatic rings. The molecule has 0 fully saturated rings. The summed E-state index contributed by atoms with van der Waals surface area (Å²) in [5.41, 5.74) is 2.43. The Balaban J connectivity index is 1.73. The molecule has 2 heterocycles. The largest absolute Gasteiger partial charge is 0.449 e. The van der Waals surface area contributed by atoms with Crippen molar-refractivity contribution in [3.8, 4) is 0 Å². The van der Waals surface area contributed by atoms with Gasteiger partial charge in [-0.1, -0.05) is 39.3 Å². The minimum Gasteiger partial charge on any atom is -0.449 e. The number of pyridine rings is 1. The first-order valence-corrected chi connectivity index (χ1v) is 13.6. The van der Waals surface area contributed by atoms with Crippen LogP contribution in [0.2, 0.25) is 0 Å². The lowest BCUT2D eigenvalue weighted by Gasteiger charge is -2.22. The van der Waals surface area contributed by atoms with Gasteiger partial charge in [-0.05, 0) is 42.2 Å². The van der Waals surface area contributed by atoms with Crippen LogP contribution >= 0.6 is 0 Å². The van der Waals surface area contributed by atoms with Crippen molar-refractivity contribution < 1.29 is 27.9 Å². The van der Waals surface area contributed by atoms with Crippen molar-refractivity contribution in [3.05, 3.63) is 58.9 Å². The summed E-state index contributed by atoms with van der Waals surface area (Å²) in [6.45, 7) is 5.88. The first-order chi connectivity index (χ1) is 16.7. The number of hydrogen-bond donors (Lipinski definition) is 2. The lowest BCUT2D eigenvalue weighted by atomic mass is 10.1. The van der Waals surface area contributed by atoms with Gasteiger partial charge in [0.05, 0.1) is 53.7 Å². The number of ether oxygens (including phenoxy) is 1. The fourth-order valence-corrected chi connectivity index (χ4v) is 4.94. The maximum absolute atomic E-state index is 12.9. The maximum atomic E-state index is 12.9. The highest BCUT2D eigenvalue weighted by Crippen LogP contribution is 2.35. The zero-order valence-corrected chi connectivity index (χ0v) is 21.2. The predicted molar refractivity (Wildman–Crippen MR) is 131 cm³/mol. The maximum Gasteiger partial charge on any atom is 0.410 e. The Kier molecular flexibility index (Phi) is 8.85. The number of carbonyl (C=O) groups excluding carboxylic acids is 2. The van der Waals surface area contributed by atoms with Crippen molar-refractivity contribution in [1.29, 1.82) is 0 Å². The quantitative estimate of drug-likeness (QED) is 0.475. The van der Waals surface area contributed by atoms with Crippen LogP contribution in [0, 0.1) is 0 Å². The molecule has 2 amide bonds. The summed E-state index contributed by atoms with van der Waals surface area (Å²) in [7, 11) is -3.34. The SMILES string of the molecule is CCCCOC(=O)N1Cc2cc(C(=O)N[C@@H](CO)c3ccc(S(=O)(=O)CC)cc3)cnc2C1CC. The molecular formula is C25H33N3O6S. The number of aliphatic hydroxyl groups is 1. The molecule has 1 aliphatic heterocycles. The average Bonchev–Trinajstić information content (AvgIpc) is 3.25. The van der Waals surface area contributed by atoms with Gasteiger partial charge in [-0.3, -0.25) is 14.7 Å². The summed E-state index contributed by atoms with van der Waals surface area (Å²) in [5, 5.41) is 12.6. The minimum atomic E-state index is -3.34. The molecule has 0 saturated heterocycles. The van der Waals surface area contributed by atoms with Crippen LogP contribution in [0.25, 0.3) is 0 Å². The van der Waals surface area contributed by atoms with E-state index in [1.165, 1.54) is 18.3 Å². The van der Waals surface area contributed by atoms with Gasteiger partial charge in [0.1, 0.15) is 0 Å². The van der Waals surface area contributed by atoms with Crippen molar-refractivity contribution in [3.63, 3.8) is 0 Å². The molecule has 0 aliphatic carbocycles. The number of nitrogens with one attached hydrogen (secondary N) is 1. The standard InChI is InChI=1S/C25H33N3O6S/c1-4-7-12-34-25(31)28-15-19-13-18(14-26-23(19)22(28)5-2)24(30)27-21(16-29)17-8-10-20(11-9-17)35(32,33)6-3/h8-11,13-14,21-22,29H,4-7,12,15-16H2,1-3H3,(H,27,30)/t21-,22?/m0/s1. The van der Waals surface area contributed by atoms with E-state index in [0.717, 1.165) is 24.1 Å². The number of unbranched alkanes of at least 4 members (excludes halogenated alkanes) is 1. The molecule has 1 aliphatic rings. The number of amides is 2. The molecule has 2 atom stereocenters. The van der Waals surface area contributed by atoms with Gasteiger partial charge in [0.15, 0.2) is 9.84 Å². The fraction of sp³-hybridized carbons (Fsp3) is 0.480. The van der Waals surface area contributed by atoms with Gasteiger partial charge in [0.25, 0.3) is 5.91 Å². The summed E-state index contributed by atoms with van der Waals surface area (Å²) >= 11 is 0. The van der Waals surface area contributed by atoms with Crippen molar-refractivity contribution in [1.82, 2.24) is 15.2 Å². The van der Waals surface area contributed by atoms with Gasteiger partial charge in [-0.15, -0.1) is 0 Å². The Morgan fingerprint density at radius 1 is 1.23 bits per heavy atom. The fourth-order valence-electron chi connectivity index (χ4n) is 4.06. The van der Waals surface area contributed by atoms with Crippen LogP contribution < -0.4 is 5.32 Å². The van der Waals surface area contributed by atoms with Crippen LogP contribution in [-0.2, 0) is 21.1 Å².